The summed E-state index contributed by atoms with van der Waals surface area (Å²) < 4.78 is 25.5. The number of aromatic nitrogens is 3. The van der Waals surface area contributed by atoms with Crippen LogP contribution in [0.5, 0.6) is 11.5 Å². The molecular weight excluding hydrogens is 533 g/mol. The minimum absolute atomic E-state index is 0.0535. The van der Waals surface area contributed by atoms with Gasteiger partial charge in [0.05, 0.1) is 18.3 Å². The lowest BCUT2D eigenvalue weighted by atomic mass is 10.1. The standard InChI is InChI=1S/C29H29ClFN7O2/c1-39-25-14-13-20(17-26(25)40-19-22-23(30)11-8-12-24(22)31)18-32-37-28-34-27(33-21-9-4-2-5-10-21)35-29(36-28)38-15-6-3-7-16-38/h2,4-5,8-14,17-18H,3,6-7,15-16,19H2,1H3,(H2,33,34,35,36,37)/b32-18-. The minimum Gasteiger partial charge on any atom is -0.493 e. The van der Waals surface area contributed by atoms with Gasteiger partial charge < -0.3 is 19.7 Å². The van der Waals surface area contributed by atoms with E-state index >= 15 is 0 Å². The number of hydrogen-bond acceptors (Lipinski definition) is 9. The molecule has 1 aliphatic rings. The molecule has 206 valence electrons. The lowest BCUT2D eigenvalue weighted by molar-refractivity contribution is 0.280. The van der Waals surface area contributed by atoms with Crippen LogP contribution < -0.4 is 25.1 Å². The van der Waals surface area contributed by atoms with E-state index in [0.29, 0.717) is 34.4 Å². The molecule has 4 aromatic rings. The van der Waals surface area contributed by atoms with Crippen LogP contribution in [0.1, 0.15) is 30.4 Å². The molecule has 1 aromatic heterocycles. The van der Waals surface area contributed by atoms with Gasteiger partial charge in [-0.2, -0.15) is 20.1 Å². The smallest absolute Gasteiger partial charge is 0.250 e. The van der Waals surface area contributed by atoms with Gasteiger partial charge in [0.25, 0.3) is 0 Å². The Hall–Kier alpha value is -4.44. The molecule has 1 fully saturated rings. The van der Waals surface area contributed by atoms with E-state index in [4.69, 9.17) is 21.1 Å². The van der Waals surface area contributed by atoms with Gasteiger partial charge >= 0.3 is 0 Å². The van der Waals surface area contributed by atoms with Crippen LogP contribution in [-0.4, -0.2) is 41.4 Å². The molecular formula is C29H29ClFN7O2. The maximum atomic E-state index is 14.2. The number of hydrazone groups is 1. The van der Waals surface area contributed by atoms with Gasteiger partial charge in [-0.25, -0.2) is 9.82 Å². The Labute approximate surface area is 237 Å². The Balaban J connectivity index is 1.33. The van der Waals surface area contributed by atoms with E-state index in [1.54, 1.807) is 30.5 Å². The number of para-hydroxylation sites is 1. The number of benzene rings is 3. The zero-order valence-corrected chi connectivity index (χ0v) is 22.7. The number of anilines is 4. The van der Waals surface area contributed by atoms with Gasteiger partial charge in [0.15, 0.2) is 11.5 Å². The molecule has 40 heavy (non-hydrogen) atoms. The number of rotatable bonds is 10. The predicted octanol–water partition coefficient (Wildman–Crippen LogP) is 6.43. The number of nitrogens with one attached hydrogen (secondary N) is 2. The van der Waals surface area contributed by atoms with Crippen molar-refractivity contribution in [2.45, 2.75) is 25.9 Å². The van der Waals surface area contributed by atoms with E-state index in [1.807, 2.05) is 36.4 Å². The largest absolute Gasteiger partial charge is 0.493 e. The van der Waals surface area contributed by atoms with Gasteiger partial charge in [-0.3, -0.25) is 0 Å². The van der Waals surface area contributed by atoms with E-state index in [9.17, 15) is 4.39 Å². The number of hydrogen-bond donors (Lipinski definition) is 2. The molecule has 1 aliphatic heterocycles. The second-order valence-electron chi connectivity index (χ2n) is 9.09. The summed E-state index contributed by atoms with van der Waals surface area (Å²) in [5, 5.41) is 7.87. The molecule has 0 radical (unpaired) electrons. The van der Waals surface area contributed by atoms with Crippen molar-refractivity contribution in [3.8, 4) is 11.5 Å². The highest BCUT2D eigenvalue weighted by Gasteiger charge is 2.17. The quantitative estimate of drug-likeness (QED) is 0.169. The average Bonchev–Trinajstić information content (AvgIpc) is 2.98. The SMILES string of the molecule is COc1ccc(/C=N\Nc2nc(Nc3ccccc3)nc(N3CCCCC3)n2)cc1OCc1c(F)cccc1Cl. The number of nitrogens with zero attached hydrogens (tertiary/aromatic N) is 5. The first kappa shape index (κ1) is 27.1. The molecule has 1 saturated heterocycles. The minimum atomic E-state index is -0.434. The molecule has 0 bridgehead atoms. The molecule has 3 aromatic carbocycles. The zero-order valence-electron chi connectivity index (χ0n) is 22.0. The summed E-state index contributed by atoms with van der Waals surface area (Å²) in [4.78, 5) is 15.9. The molecule has 2 N–H and O–H groups in total. The highest BCUT2D eigenvalue weighted by Crippen LogP contribution is 2.30. The van der Waals surface area contributed by atoms with Crippen LogP contribution in [0, 0.1) is 5.82 Å². The second kappa shape index (κ2) is 13.1. The van der Waals surface area contributed by atoms with Gasteiger partial charge in [0, 0.05) is 24.3 Å². The first-order valence-corrected chi connectivity index (χ1v) is 13.3. The third-order valence-corrected chi connectivity index (χ3v) is 6.65. The monoisotopic (exact) mass is 561 g/mol. The van der Waals surface area contributed by atoms with Gasteiger partial charge in [-0.05, 0) is 67.3 Å². The summed E-state index contributed by atoms with van der Waals surface area (Å²) >= 11 is 6.14. The third-order valence-electron chi connectivity index (χ3n) is 6.29. The van der Waals surface area contributed by atoms with Crippen LogP contribution in [0.3, 0.4) is 0 Å². The highest BCUT2D eigenvalue weighted by molar-refractivity contribution is 6.31. The van der Waals surface area contributed by atoms with Crippen LogP contribution in [0.15, 0.2) is 71.8 Å². The Kier molecular flexibility index (Phi) is 8.87. The van der Waals surface area contributed by atoms with Gasteiger partial charge in [-0.1, -0.05) is 35.9 Å². The fourth-order valence-corrected chi connectivity index (χ4v) is 4.45. The Bertz CT molecular complexity index is 1450. The average molecular weight is 562 g/mol. The van der Waals surface area contributed by atoms with Crippen molar-refractivity contribution in [2.75, 3.05) is 35.8 Å². The molecule has 0 unspecified atom stereocenters. The number of halogens is 2. The molecule has 0 aliphatic carbocycles. The van der Waals surface area contributed by atoms with Gasteiger partial charge in [0.1, 0.15) is 12.4 Å². The molecule has 0 atom stereocenters. The normalized spacial score (nSPS) is 13.3. The van der Waals surface area contributed by atoms with Crippen molar-refractivity contribution < 1.29 is 13.9 Å². The third kappa shape index (κ3) is 6.95. The Morgan fingerprint density at radius 2 is 1.75 bits per heavy atom. The lowest BCUT2D eigenvalue weighted by Gasteiger charge is -2.26. The fraction of sp³-hybridized carbons (Fsp3) is 0.241. The second-order valence-corrected chi connectivity index (χ2v) is 9.50. The molecule has 2 heterocycles. The number of piperidine rings is 1. The van der Waals surface area contributed by atoms with E-state index in [2.05, 4.69) is 35.7 Å². The summed E-state index contributed by atoms with van der Waals surface area (Å²) in [6, 6.07) is 19.5. The van der Waals surface area contributed by atoms with E-state index in [0.717, 1.165) is 37.2 Å². The summed E-state index contributed by atoms with van der Waals surface area (Å²) in [6.07, 6.45) is 5.00. The maximum absolute atomic E-state index is 14.2. The Morgan fingerprint density at radius 1 is 0.950 bits per heavy atom. The number of methoxy groups -OCH3 is 1. The topological polar surface area (TPSA) is 96.8 Å². The summed E-state index contributed by atoms with van der Waals surface area (Å²) in [6.45, 7) is 1.73. The fourth-order valence-electron chi connectivity index (χ4n) is 4.23. The van der Waals surface area contributed by atoms with Crippen LogP contribution in [0.25, 0.3) is 0 Å². The van der Waals surface area contributed by atoms with Crippen LogP contribution in [0.2, 0.25) is 5.02 Å². The van der Waals surface area contributed by atoms with Crippen LogP contribution in [-0.2, 0) is 6.61 Å². The molecule has 5 rings (SSSR count). The van der Waals surface area contributed by atoms with Crippen molar-refractivity contribution in [2.24, 2.45) is 5.10 Å². The van der Waals surface area contributed by atoms with Crippen molar-refractivity contribution in [1.82, 2.24) is 15.0 Å². The van der Waals surface area contributed by atoms with Gasteiger partial charge in [0.2, 0.25) is 17.8 Å². The van der Waals surface area contributed by atoms with Crippen LogP contribution in [0.4, 0.5) is 27.9 Å². The van der Waals surface area contributed by atoms with Crippen molar-refractivity contribution >= 4 is 41.3 Å². The van der Waals surface area contributed by atoms with Crippen molar-refractivity contribution in [3.63, 3.8) is 0 Å². The first-order valence-electron chi connectivity index (χ1n) is 12.9. The molecule has 0 saturated carbocycles. The van der Waals surface area contributed by atoms with Crippen molar-refractivity contribution in [3.05, 3.63) is 88.7 Å². The first-order chi connectivity index (χ1) is 19.6. The molecule has 11 heteroatoms. The van der Waals surface area contributed by atoms with E-state index in [1.165, 1.54) is 19.6 Å². The highest BCUT2D eigenvalue weighted by atomic mass is 35.5. The maximum Gasteiger partial charge on any atom is 0.250 e. The van der Waals surface area contributed by atoms with Gasteiger partial charge in [-0.15, -0.1) is 0 Å². The molecule has 9 nitrogen and oxygen atoms in total. The number of ether oxygens (including phenoxy) is 2. The summed E-state index contributed by atoms with van der Waals surface area (Å²) in [5.74, 6) is 1.81. The zero-order chi connectivity index (χ0) is 27.7. The van der Waals surface area contributed by atoms with Crippen molar-refractivity contribution in [1.29, 1.82) is 0 Å². The summed E-state index contributed by atoms with van der Waals surface area (Å²) in [7, 11) is 1.54. The molecule has 0 spiro atoms. The van der Waals surface area contributed by atoms with Crippen LogP contribution >= 0.6 is 11.6 Å². The predicted molar refractivity (Wildman–Crippen MR) is 156 cm³/mol. The van der Waals surface area contributed by atoms with E-state index < -0.39 is 5.82 Å². The summed E-state index contributed by atoms with van der Waals surface area (Å²) in [5.41, 5.74) is 4.78. The van der Waals surface area contributed by atoms with E-state index in [-0.39, 0.29) is 12.2 Å². The molecule has 0 amide bonds. The Morgan fingerprint density at radius 3 is 2.52 bits per heavy atom. The lowest BCUT2D eigenvalue weighted by Crippen LogP contribution is -2.31.